The molecule has 2 rings (SSSR count). The molecule has 2 aromatic rings. The van der Waals surface area contributed by atoms with Gasteiger partial charge in [-0.3, -0.25) is 4.98 Å². The molecule has 1 atom stereocenters. The molecule has 0 spiro atoms. The normalized spacial score (nSPS) is 12.2. The third kappa shape index (κ3) is 3.12. The van der Waals surface area contributed by atoms with E-state index in [4.69, 9.17) is 4.74 Å². The van der Waals surface area contributed by atoms with Crippen molar-refractivity contribution in [2.45, 2.75) is 26.4 Å². The van der Waals surface area contributed by atoms with Crippen LogP contribution in [0, 0.1) is 13.8 Å². The Morgan fingerprint density at radius 3 is 2.68 bits per heavy atom. The molecule has 1 aromatic carbocycles. The fourth-order valence-corrected chi connectivity index (χ4v) is 2.10. The highest BCUT2D eigenvalue weighted by atomic mass is 16.5. The number of methoxy groups -OCH3 is 1. The van der Waals surface area contributed by atoms with Gasteiger partial charge < -0.3 is 9.84 Å². The van der Waals surface area contributed by atoms with Crippen LogP contribution in [0.25, 0.3) is 0 Å². The van der Waals surface area contributed by atoms with Crippen molar-refractivity contribution in [2.75, 3.05) is 7.11 Å². The van der Waals surface area contributed by atoms with Crippen molar-refractivity contribution in [3.63, 3.8) is 0 Å². The number of nitrogens with zero attached hydrogens (tertiary/aromatic N) is 1. The lowest BCUT2D eigenvalue weighted by molar-refractivity contribution is 0.174. The fourth-order valence-electron chi connectivity index (χ4n) is 2.10. The van der Waals surface area contributed by atoms with E-state index >= 15 is 0 Å². The summed E-state index contributed by atoms with van der Waals surface area (Å²) in [5.41, 5.74) is 4.40. The van der Waals surface area contributed by atoms with E-state index in [-0.39, 0.29) is 0 Å². The van der Waals surface area contributed by atoms with E-state index < -0.39 is 6.10 Å². The van der Waals surface area contributed by atoms with Crippen LogP contribution in [-0.2, 0) is 6.42 Å². The Morgan fingerprint density at radius 1 is 1.21 bits per heavy atom. The predicted molar refractivity (Wildman–Crippen MR) is 75.4 cm³/mol. The lowest BCUT2D eigenvalue weighted by Gasteiger charge is -2.15. The molecular formula is C16H19NO2. The summed E-state index contributed by atoms with van der Waals surface area (Å²) in [5, 5.41) is 10.3. The number of rotatable bonds is 4. The van der Waals surface area contributed by atoms with Crippen molar-refractivity contribution >= 4 is 0 Å². The summed E-state index contributed by atoms with van der Waals surface area (Å²) in [5.74, 6) is 0.624. The predicted octanol–water partition coefficient (Wildman–Crippen LogP) is 2.98. The molecule has 3 heteroatoms. The smallest absolute Gasteiger partial charge is 0.142 e. The maximum Gasteiger partial charge on any atom is 0.142 e. The van der Waals surface area contributed by atoms with Crippen LogP contribution in [0.5, 0.6) is 5.75 Å². The van der Waals surface area contributed by atoms with Gasteiger partial charge in [0.25, 0.3) is 0 Å². The minimum absolute atomic E-state index is 0.571. The number of aliphatic hydroxyl groups is 1. The minimum Gasteiger partial charge on any atom is -0.495 e. The molecule has 0 radical (unpaired) electrons. The molecule has 0 saturated heterocycles. The van der Waals surface area contributed by atoms with Crippen molar-refractivity contribution in [1.29, 1.82) is 0 Å². The van der Waals surface area contributed by atoms with Crippen LogP contribution in [0.3, 0.4) is 0 Å². The van der Waals surface area contributed by atoms with Crippen molar-refractivity contribution in [2.24, 2.45) is 0 Å². The molecule has 0 bridgehead atoms. The van der Waals surface area contributed by atoms with Crippen LogP contribution in [0.1, 0.15) is 28.4 Å². The van der Waals surface area contributed by atoms with Gasteiger partial charge in [0.05, 0.1) is 19.4 Å². The molecule has 0 saturated carbocycles. The largest absolute Gasteiger partial charge is 0.495 e. The van der Waals surface area contributed by atoms with Gasteiger partial charge in [-0.25, -0.2) is 0 Å². The van der Waals surface area contributed by atoms with E-state index in [0.29, 0.717) is 12.2 Å². The van der Waals surface area contributed by atoms with E-state index in [1.165, 1.54) is 11.1 Å². The van der Waals surface area contributed by atoms with E-state index in [2.05, 4.69) is 37.0 Å². The fraction of sp³-hybridized carbons (Fsp3) is 0.312. The second kappa shape index (κ2) is 5.85. The molecule has 0 fully saturated rings. The molecule has 1 aromatic heterocycles. The van der Waals surface area contributed by atoms with Crippen LogP contribution >= 0.6 is 0 Å². The van der Waals surface area contributed by atoms with Crippen LogP contribution < -0.4 is 4.74 Å². The van der Waals surface area contributed by atoms with Crippen LogP contribution in [0.2, 0.25) is 0 Å². The van der Waals surface area contributed by atoms with Gasteiger partial charge in [0.15, 0.2) is 0 Å². The number of aromatic nitrogens is 1. The van der Waals surface area contributed by atoms with Gasteiger partial charge in [-0.2, -0.15) is 0 Å². The lowest BCUT2D eigenvalue weighted by atomic mass is 9.98. The number of hydrogen-bond donors (Lipinski definition) is 1. The molecule has 1 heterocycles. The summed E-state index contributed by atoms with van der Waals surface area (Å²) in [6, 6.07) is 8.05. The third-order valence-electron chi connectivity index (χ3n) is 3.40. The van der Waals surface area contributed by atoms with E-state index in [0.717, 1.165) is 11.1 Å². The third-order valence-corrected chi connectivity index (χ3v) is 3.40. The number of aliphatic hydroxyl groups excluding tert-OH is 1. The highest BCUT2D eigenvalue weighted by Gasteiger charge is 2.14. The standard InChI is InChI=1S/C16H19NO2/c1-11-4-5-13(8-12(11)2)9-15(18)14-6-7-17-10-16(14)19-3/h4-8,10,15,18H,9H2,1-3H3. The van der Waals surface area contributed by atoms with Gasteiger partial charge in [-0.05, 0) is 36.6 Å². The van der Waals surface area contributed by atoms with Crippen molar-refractivity contribution in [1.82, 2.24) is 4.98 Å². The Kier molecular flexibility index (Phi) is 4.17. The Hall–Kier alpha value is -1.87. The molecule has 100 valence electrons. The Bertz CT molecular complexity index is 566. The van der Waals surface area contributed by atoms with Gasteiger partial charge in [-0.15, -0.1) is 0 Å². The SMILES string of the molecule is COc1cnccc1C(O)Cc1ccc(C)c(C)c1. The van der Waals surface area contributed by atoms with E-state index in [1.807, 2.05) is 0 Å². The minimum atomic E-state index is -0.583. The molecule has 3 nitrogen and oxygen atoms in total. The molecule has 0 aliphatic carbocycles. The van der Waals surface area contributed by atoms with Crippen LogP contribution in [0.15, 0.2) is 36.7 Å². The summed E-state index contributed by atoms with van der Waals surface area (Å²) in [6.45, 7) is 4.17. The number of ether oxygens (including phenoxy) is 1. The van der Waals surface area contributed by atoms with Crippen LogP contribution in [0.4, 0.5) is 0 Å². The topological polar surface area (TPSA) is 42.4 Å². The average molecular weight is 257 g/mol. The van der Waals surface area contributed by atoms with Crippen LogP contribution in [-0.4, -0.2) is 17.2 Å². The highest BCUT2D eigenvalue weighted by Crippen LogP contribution is 2.26. The van der Waals surface area contributed by atoms with Gasteiger partial charge in [-0.1, -0.05) is 18.2 Å². The zero-order valence-electron chi connectivity index (χ0n) is 11.6. The molecule has 0 aliphatic heterocycles. The molecule has 1 unspecified atom stereocenters. The summed E-state index contributed by atoms with van der Waals surface area (Å²) in [7, 11) is 1.59. The zero-order valence-corrected chi connectivity index (χ0v) is 11.6. The summed E-state index contributed by atoms with van der Waals surface area (Å²) in [4.78, 5) is 4.00. The second-order valence-electron chi connectivity index (χ2n) is 4.76. The zero-order chi connectivity index (χ0) is 13.8. The van der Waals surface area contributed by atoms with E-state index in [1.54, 1.807) is 25.6 Å². The molecule has 0 aliphatic rings. The van der Waals surface area contributed by atoms with Crippen molar-refractivity contribution in [3.05, 3.63) is 58.9 Å². The quantitative estimate of drug-likeness (QED) is 0.915. The number of benzene rings is 1. The number of hydrogen-bond acceptors (Lipinski definition) is 3. The van der Waals surface area contributed by atoms with Gasteiger partial charge in [0.1, 0.15) is 5.75 Å². The molecule has 0 amide bonds. The molecule has 1 N–H and O–H groups in total. The Balaban J connectivity index is 2.20. The summed E-state index contributed by atoms with van der Waals surface area (Å²) in [6.07, 6.45) is 3.28. The average Bonchev–Trinajstić information content (AvgIpc) is 2.43. The Morgan fingerprint density at radius 2 is 2.00 bits per heavy atom. The lowest BCUT2D eigenvalue weighted by Crippen LogP contribution is -2.04. The maximum absolute atomic E-state index is 10.3. The highest BCUT2D eigenvalue weighted by molar-refractivity contribution is 5.35. The van der Waals surface area contributed by atoms with Gasteiger partial charge in [0, 0.05) is 18.2 Å². The second-order valence-corrected chi connectivity index (χ2v) is 4.76. The monoisotopic (exact) mass is 257 g/mol. The Labute approximate surface area is 113 Å². The number of aryl methyl sites for hydroxylation is 2. The van der Waals surface area contributed by atoms with Crippen molar-refractivity contribution in [3.8, 4) is 5.75 Å². The van der Waals surface area contributed by atoms with Gasteiger partial charge >= 0.3 is 0 Å². The number of pyridine rings is 1. The molecule has 19 heavy (non-hydrogen) atoms. The molecular weight excluding hydrogens is 238 g/mol. The first-order valence-electron chi connectivity index (χ1n) is 6.34. The summed E-state index contributed by atoms with van der Waals surface area (Å²) >= 11 is 0. The van der Waals surface area contributed by atoms with E-state index in [9.17, 15) is 5.11 Å². The maximum atomic E-state index is 10.3. The first-order chi connectivity index (χ1) is 9.11. The first kappa shape index (κ1) is 13.6. The van der Waals surface area contributed by atoms with Crippen molar-refractivity contribution < 1.29 is 9.84 Å². The summed E-state index contributed by atoms with van der Waals surface area (Å²) < 4.78 is 5.22. The van der Waals surface area contributed by atoms with Gasteiger partial charge in [0.2, 0.25) is 0 Å². The first-order valence-corrected chi connectivity index (χ1v) is 6.34.